The van der Waals surface area contributed by atoms with Crippen LogP contribution >= 0.6 is 11.6 Å². The third-order valence-electron chi connectivity index (χ3n) is 4.44. The van der Waals surface area contributed by atoms with Crippen LogP contribution in [0.1, 0.15) is 15.9 Å². The third-order valence-corrected chi connectivity index (χ3v) is 4.68. The van der Waals surface area contributed by atoms with Crippen LogP contribution in [0.4, 0.5) is 10.1 Å². The molecule has 0 spiro atoms. The average molecular weight is 374 g/mol. The summed E-state index contributed by atoms with van der Waals surface area (Å²) in [6.45, 7) is 4.25. The molecule has 0 radical (unpaired) electrons. The van der Waals surface area contributed by atoms with E-state index in [-0.39, 0.29) is 11.6 Å². The first-order valence-corrected chi connectivity index (χ1v) is 8.87. The summed E-state index contributed by atoms with van der Waals surface area (Å²) in [5.41, 5.74) is 7.79. The molecule has 1 aliphatic heterocycles. The molecular weight excluding hydrogens is 353 g/mol. The topological polar surface area (TPSA) is 49.6 Å². The fourth-order valence-electron chi connectivity index (χ4n) is 2.94. The van der Waals surface area contributed by atoms with Gasteiger partial charge in [-0.1, -0.05) is 23.7 Å². The van der Waals surface area contributed by atoms with Crippen molar-refractivity contribution in [1.29, 1.82) is 0 Å². The fraction of sp³-hybridized carbons (Fsp3) is 0.250. The second kappa shape index (κ2) is 8.34. The zero-order valence-electron chi connectivity index (χ0n) is 14.4. The minimum Gasteiger partial charge on any atom is -0.398 e. The minimum absolute atomic E-state index is 0.132. The summed E-state index contributed by atoms with van der Waals surface area (Å²) in [7, 11) is 0. The number of hydrogen-bond donors (Lipinski definition) is 1. The Bertz CT molecular complexity index is 799. The van der Waals surface area contributed by atoms with Gasteiger partial charge in [0.2, 0.25) is 0 Å². The lowest BCUT2D eigenvalue weighted by molar-refractivity contribution is 0.104. The molecular formula is C20H21ClFN3O. The second-order valence-corrected chi connectivity index (χ2v) is 6.79. The molecule has 2 aromatic carbocycles. The highest BCUT2D eigenvalue weighted by Gasteiger charge is 2.15. The molecule has 136 valence electrons. The van der Waals surface area contributed by atoms with E-state index in [1.165, 1.54) is 12.1 Å². The van der Waals surface area contributed by atoms with Gasteiger partial charge in [-0.25, -0.2) is 4.39 Å². The van der Waals surface area contributed by atoms with E-state index >= 15 is 0 Å². The molecule has 1 aliphatic rings. The molecule has 1 fully saturated rings. The fourth-order valence-corrected chi connectivity index (χ4v) is 3.12. The first kappa shape index (κ1) is 18.4. The van der Waals surface area contributed by atoms with Crippen LogP contribution in [0.2, 0.25) is 5.02 Å². The van der Waals surface area contributed by atoms with Gasteiger partial charge in [-0.15, -0.1) is 0 Å². The lowest BCUT2D eigenvalue weighted by atomic mass is 10.1. The Hall–Kier alpha value is -2.37. The SMILES string of the molecule is Nc1cc(Cl)ccc1C(=O)C=CN1CCN(Cc2ccc(F)cc2)CC1. The molecule has 3 rings (SSSR count). The number of piperazine rings is 1. The highest BCUT2D eigenvalue weighted by atomic mass is 35.5. The molecule has 26 heavy (non-hydrogen) atoms. The number of carbonyl (C=O) groups is 1. The summed E-state index contributed by atoms with van der Waals surface area (Å²) in [5, 5.41) is 0.514. The number of carbonyl (C=O) groups excluding carboxylic acids is 1. The highest BCUT2D eigenvalue weighted by molar-refractivity contribution is 6.31. The molecule has 0 unspecified atom stereocenters. The Labute approximate surface area is 157 Å². The van der Waals surface area contributed by atoms with Crippen LogP contribution in [-0.4, -0.2) is 41.8 Å². The summed E-state index contributed by atoms with van der Waals surface area (Å²) in [5.74, 6) is -0.345. The van der Waals surface area contributed by atoms with Gasteiger partial charge in [0.05, 0.1) is 0 Å². The van der Waals surface area contributed by atoms with Gasteiger partial charge >= 0.3 is 0 Å². The van der Waals surface area contributed by atoms with Gasteiger partial charge < -0.3 is 10.6 Å². The van der Waals surface area contributed by atoms with Crippen LogP contribution in [0, 0.1) is 5.82 Å². The molecule has 0 amide bonds. The summed E-state index contributed by atoms with van der Waals surface area (Å²) >= 11 is 5.86. The highest BCUT2D eigenvalue weighted by Crippen LogP contribution is 2.19. The molecule has 2 N–H and O–H groups in total. The minimum atomic E-state index is -0.213. The Kier molecular flexibility index (Phi) is 5.91. The smallest absolute Gasteiger partial charge is 0.189 e. The van der Waals surface area contributed by atoms with E-state index in [2.05, 4.69) is 9.80 Å². The average Bonchev–Trinajstić information content (AvgIpc) is 2.63. The Morgan fingerprint density at radius 2 is 1.81 bits per heavy atom. The van der Waals surface area contributed by atoms with Crippen LogP contribution in [-0.2, 0) is 6.54 Å². The van der Waals surface area contributed by atoms with Crippen molar-refractivity contribution in [2.24, 2.45) is 0 Å². The summed E-state index contributed by atoms with van der Waals surface area (Å²) in [6, 6.07) is 11.5. The van der Waals surface area contributed by atoms with Gasteiger partial charge in [0.25, 0.3) is 0 Å². The first-order valence-electron chi connectivity index (χ1n) is 8.50. The van der Waals surface area contributed by atoms with E-state index in [1.807, 2.05) is 18.3 Å². The quantitative estimate of drug-likeness (QED) is 0.494. The summed E-state index contributed by atoms with van der Waals surface area (Å²) in [6.07, 6.45) is 3.38. The number of ketones is 1. The predicted octanol–water partition coefficient (Wildman–Crippen LogP) is 3.58. The van der Waals surface area contributed by atoms with Gasteiger partial charge in [-0.05, 0) is 35.9 Å². The molecule has 2 aromatic rings. The van der Waals surface area contributed by atoms with Crippen molar-refractivity contribution in [3.05, 3.63) is 76.7 Å². The lowest BCUT2D eigenvalue weighted by Crippen LogP contribution is -2.43. The monoisotopic (exact) mass is 373 g/mol. The zero-order chi connectivity index (χ0) is 18.5. The number of nitrogens with two attached hydrogens (primary N) is 1. The lowest BCUT2D eigenvalue weighted by Gasteiger charge is -2.34. The maximum Gasteiger partial charge on any atom is 0.189 e. The van der Waals surface area contributed by atoms with E-state index < -0.39 is 0 Å². The Balaban J connectivity index is 1.51. The van der Waals surface area contributed by atoms with E-state index in [0.717, 1.165) is 38.3 Å². The molecule has 0 saturated carbocycles. The van der Waals surface area contributed by atoms with Gasteiger partial charge in [0, 0.05) is 61.3 Å². The van der Waals surface area contributed by atoms with Crippen molar-refractivity contribution >= 4 is 23.1 Å². The predicted molar refractivity (Wildman–Crippen MR) is 103 cm³/mol. The van der Waals surface area contributed by atoms with Crippen molar-refractivity contribution in [3.8, 4) is 0 Å². The normalized spacial score (nSPS) is 15.5. The van der Waals surface area contributed by atoms with E-state index in [1.54, 1.807) is 24.3 Å². The number of hydrogen-bond acceptors (Lipinski definition) is 4. The largest absolute Gasteiger partial charge is 0.398 e. The Morgan fingerprint density at radius 1 is 1.12 bits per heavy atom. The molecule has 1 saturated heterocycles. The maximum absolute atomic E-state index is 13.0. The number of nitrogens with zero attached hydrogens (tertiary/aromatic N) is 2. The number of nitrogen functional groups attached to an aromatic ring is 1. The maximum atomic E-state index is 13.0. The Morgan fingerprint density at radius 3 is 2.46 bits per heavy atom. The molecule has 0 aromatic heterocycles. The van der Waals surface area contributed by atoms with Crippen LogP contribution in [0.3, 0.4) is 0 Å². The standard InChI is InChI=1S/C20H21ClFN3O/c21-16-3-6-18(19(23)13-16)20(26)7-8-24-9-11-25(12-10-24)14-15-1-4-17(22)5-2-15/h1-8,13H,9-12,14,23H2. The molecule has 4 nitrogen and oxygen atoms in total. The van der Waals surface area contributed by atoms with Crippen LogP contribution in [0.25, 0.3) is 0 Å². The van der Waals surface area contributed by atoms with Gasteiger partial charge in [0.15, 0.2) is 5.78 Å². The summed E-state index contributed by atoms with van der Waals surface area (Å²) < 4.78 is 13.0. The number of rotatable bonds is 5. The number of allylic oxidation sites excluding steroid dienone is 1. The summed E-state index contributed by atoms with van der Waals surface area (Å²) in [4.78, 5) is 16.7. The molecule has 6 heteroatoms. The van der Waals surface area contributed by atoms with Gasteiger partial charge in [-0.2, -0.15) is 0 Å². The van der Waals surface area contributed by atoms with Crippen molar-refractivity contribution in [2.45, 2.75) is 6.54 Å². The van der Waals surface area contributed by atoms with Crippen LogP contribution in [0.5, 0.6) is 0 Å². The second-order valence-electron chi connectivity index (χ2n) is 6.35. The molecule has 0 aliphatic carbocycles. The van der Waals surface area contributed by atoms with E-state index in [9.17, 15) is 9.18 Å². The van der Waals surface area contributed by atoms with Crippen LogP contribution < -0.4 is 5.73 Å². The van der Waals surface area contributed by atoms with Gasteiger partial charge in [0.1, 0.15) is 5.82 Å². The number of anilines is 1. The molecule has 1 heterocycles. The zero-order valence-corrected chi connectivity index (χ0v) is 15.1. The van der Waals surface area contributed by atoms with Crippen LogP contribution in [0.15, 0.2) is 54.7 Å². The third kappa shape index (κ3) is 4.84. The molecule has 0 atom stereocenters. The first-order chi connectivity index (χ1) is 12.5. The van der Waals surface area contributed by atoms with Crippen molar-refractivity contribution in [2.75, 3.05) is 31.9 Å². The van der Waals surface area contributed by atoms with Crippen molar-refractivity contribution in [3.63, 3.8) is 0 Å². The molecule has 0 bridgehead atoms. The van der Waals surface area contributed by atoms with Crippen molar-refractivity contribution < 1.29 is 9.18 Å². The van der Waals surface area contributed by atoms with E-state index in [0.29, 0.717) is 16.3 Å². The van der Waals surface area contributed by atoms with Gasteiger partial charge in [-0.3, -0.25) is 9.69 Å². The number of benzene rings is 2. The van der Waals surface area contributed by atoms with E-state index in [4.69, 9.17) is 17.3 Å². The number of halogens is 2. The van der Waals surface area contributed by atoms with Crippen molar-refractivity contribution in [1.82, 2.24) is 9.80 Å².